The van der Waals surface area contributed by atoms with Crippen molar-refractivity contribution >= 4 is 16.8 Å². The maximum absolute atomic E-state index is 13.3. The van der Waals surface area contributed by atoms with E-state index >= 15 is 0 Å². The Hall–Kier alpha value is -3.80. The quantitative estimate of drug-likeness (QED) is 0.512. The van der Waals surface area contributed by atoms with E-state index < -0.39 is 0 Å². The SMILES string of the molecule is COc1ccc(-c2cncnc2)c2c1CN(CCc1ccc3ccccc3n1)C2=O. The van der Waals surface area contributed by atoms with Crippen LogP contribution in [-0.4, -0.2) is 39.4 Å². The lowest BCUT2D eigenvalue weighted by molar-refractivity contribution is 0.0780. The lowest BCUT2D eigenvalue weighted by atomic mass is 9.98. The number of rotatable bonds is 5. The zero-order valence-electron chi connectivity index (χ0n) is 16.6. The molecule has 148 valence electrons. The van der Waals surface area contributed by atoms with Crippen LogP contribution in [0.5, 0.6) is 5.75 Å². The van der Waals surface area contributed by atoms with E-state index in [0.717, 1.165) is 39.0 Å². The summed E-state index contributed by atoms with van der Waals surface area (Å²) < 4.78 is 5.53. The number of hydrogen-bond donors (Lipinski definition) is 0. The highest BCUT2D eigenvalue weighted by molar-refractivity contribution is 6.05. The number of ether oxygens (including phenoxy) is 1. The summed E-state index contributed by atoms with van der Waals surface area (Å²) in [5.41, 5.74) is 5.19. The molecule has 0 bridgehead atoms. The molecule has 1 amide bonds. The lowest BCUT2D eigenvalue weighted by Crippen LogP contribution is -2.26. The number of para-hydroxylation sites is 1. The molecule has 2 aromatic carbocycles. The first-order valence-electron chi connectivity index (χ1n) is 9.84. The summed E-state index contributed by atoms with van der Waals surface area (Å²) in [5, 5.41) is 1.12. The number of aromatic nitrogens is 3. The first kappa shape index (κ1) is 18.2. The second-order valence-corrected chi connectivity index (χ2v) is 7.27. The van der Waals surface area contributed by atoms with Crippen LogP contribution in [0.4, 0.5) is 0 Å². The van der Waals surface area contributed by atoms with Crippen molar-refractivity contribution in [1.82, 2.24) is 19.9 Å². The van der Waals surface area contributed by atoms with Gasteiger partial charge >= 0.3 is 0 Å². The summed E-state index contributed by atoms with van der Waals surface area (Å²) in [4.78, 5) is 28.1. The minimum Gasteiger partial charge on any atom is -0.496 e. The number of nitrogens with zero attached hydrogens (tertiary/aromatic N) is 4. The van der Waals surface area contributed by atoms with Gasteiger partial charge in [-0.15, -0.1) is 0 Å². The highest BCUT2D eigenvalue weighted by Gasteiger charge is 2.32. The van der Waals surface area contributed by atoms with Crippen LogP contribution in [0.2, 0.25) is 0 Å². The van der Waals surface area contributed by atoms with Gasteiger partial charge in [0.2, 0.25) is 0 Å². The van der Waals surface area contributed by atoms with Gasteiger partial charge in [-0.1, -0.05) is 24.3 Å². The summed E-state index contributed by atoms with van der Waals surface area (Å²) in [7, 11) is 1.63. The Morgan fingerprint density at radius 1 is 1.03 bits per heavy atom. The van der Waals surface area contributed by atoms with Crippen LogP contribution in [0.3, 0.4) is 0 Å². The van der Waals surface area contributed by atoms with E-state index in [-0.39, 0.29) is 5.91 Å². The highest BCUT2D eigenvalue weighted by atomic mass is 16.5. The average Bonchev–Trinajstić information content (AvgIpc) is 3.14. The minimum absolute atomic E-state index is 0.00328. The first-order chi connectivity index (χ1) is 14.7. The molecule has 0 atom stereocenters. The van der Waals surface area contributed by atoms with E-state index in [9.17, 15) is 4.79 Å². The fourth-order valence-corrected chi connectivity index (χ4v) is 4.00. The van der Waals surface area contributed by atoms with Crippen molar-refractivity contribution in [3.8, 4) is 16.9 Å². The molecular formula is C24H20N4O2. The predicted molar refractivity (Wildman–Crippen MR) is 114 cm³/mol. The van der Waals surface area contributed by atoms with Gasteiger partial charge < -0.3 is 9.64 Å². The molecule has 5 rings (SSSR count). The molecule has 0 unspecified atom stereocenters. The third kappa shape index (κ3) is 3.16. The molecule has 0 radical (unpaired) electrons. The van der Waals surface area contributed by atoms with E-state index in [4.69, 9.17) is 9.72 Å². The number of carbonyl (C=O) groups is 1. The second kappa shape index (κ2) is 7.55. The zero-order valence-corrected chi connectivity index (χ0v) is 16.6. The monoisotopic (exact) mass is 396 g/mol. The largest absolute Gasteiger partial charge is 0.496 e. The number of methoxy groups -OCH3 is 1. The van der Waals surface area contributed by atoms with E-state index in [1.165, 1.54) is 6.33 Å². The highest BCUT2D eigenvalue weighted by Crippen LogP contribution is 2.37. The summed E-state index contributed by atoms with van der Waals surface area (Å²) in [6.45, 7) is 1.11. The van der Waals surface area contributed by atoms with Crippen LogP contribution >= 0.6 is 0 Å². The molecule has 3 heterocycles. The van der Waals surface area contributed by atoms with Gasteiger partial charge in [0, 0.05) is 47.6 Å². The molecule has 0 saturated carbocycles. The molecule has 30 heavy (non-hydrogen) atoms. The third-order valence-electron chi connectivity index (χ3n) is 5.51. The Labute approximate surface area is 174 Å². The maximum atomic E-state index is 13.3. The van der Waals surface area contributed by atoms with Gasteiger partial charge in [-0.2, -0.15) is 0 Å². The number of benzene rings is 2. The van der Waals surface area contributed by atoms with Gasteiger partial charge in [0.25, 0.3) is 5.91 Å². The smallest absolute Gasteiger partial charge is 0.255 e. The number of carbonyl (C=O) groups excluding carboxylic acids is 1. The Kier molecular flexibility index (Phi) is 4.59. The Morgan fingerprint density at radius 3 is 2.70 bits per heavy atom. The molecule has 0 fully saturated rings. The Bertz CT molecular complexity index is 1240. The fraction of sp³-hybridized carbons (Fsp3) is 0.167. The summed E-state index contributed by atoms with van der Waals surface area (Å²) in [5.74, 6) is 0.730. The predicted octanol–water partition coefficient (Wildman–Crippen LogP) is 3.90. The van der Waals surface area contributed by atoms with E-state index in [0.29, 0.717) is 25.1 Å². The number of hydrogen-bond acceptors (Lipinski definition) is 5. The molecule has 4 aromatic rings. The van der Waals surface area contributed by atoms with Crippen molar-refractivity contribution in [2.24, 2.45) is 0 Å². The molecule has 6 heteroatoms. The average molecular weight is 396 g/mol. The minimum atomic E-state index is 0.00328. The third-order valence-corrected chi connectivity index (χ3v) is 5.51. The van der Waals surface area contributed by atoms with Crippen molar-refractivity contribution in [1.29, 1.82) is 0 Å². The van der Waals surface area contributed by atoms with E-state index in [2.05, 4.69) is 16.0 Å². The molecule has 1 aliphatic heterocycles. The van der Waals surface area contributed by atoms with Crippen molar-refractivity contribution in [2.45, 2.75) is 13.0 Å². The van der Waals surface area contributed by atoms with Crippen LogP contribution < -0.4 is 4.74 Å². The van der Waals surface area contributed by atoms with E-state index in [1.54, 1.807) is 19.5 Å². The molecular weight excluding hydrogens is 376 g/mol. The van der Waals surface area contributed by atoms with Gasteiger partial charge in [-0.05, 0) is 29.8 Å². The van der Waals surface area contributed by atoms with Crippen molar-refractivity contribution in [3.63, 3.8) is 0 Å². The molecule has 2 aromatic heterocycles. The topological polar surface area (TPSA) is 68.2 Å². The normalized spacial score (nSPS) is 13.0. The van der Waals surface area contributed by atoms with Crippen LogP contribution in [0.1, 0.15) is 21.6 Å². The van der Waals surface area contributed by atoms with Crippen LogP contribution in [0.25, 0.3) is 22.0 Å². The summed E-state index contributed by atoms with van der Waals surface area (Å²) in [6.07, 6.45) is 5.63. The van der Waals surface area contributed by atoms with Crippen LogP contribution in [0.15, 0.2) is 67.3 Å². The molecule has 0 N–H and O–H groups in total. The number of amides is 1. The number of pyridine rings is 1. The van der Waals surface area contributed by atoms with Gasteiger partial charge in [0.1, 0.15) is 12.1 Å². The van der Waals surface area contributed by atoms with Gasteiger partial charge in [0.05, 0.1) is 24.7 Å². The van der Waals surface area contributed by atoms with Gasteiger partial charge in [0.15, 0.2) is 0 Å². The Morgan fingerprint density at radius 2 is 1.87 bits per heavy atom. The summed E-state index contributed by atoms with van der Waals surface area (Å²) >= 11 is 0. The Balaban J connectivity index is 1.42. The molecule has 1 aliphatic rings. The van der Waals surface area contributed by atoms with Crippen LogP contribution in [0, 0.1) is 0 Å². The van der Waals surface area contributed by atoms with Crippen molar-refractivity contribution in [2.75, 3.05) is 13.7 Å². The van der Waals surface area contributed by atoms with E-state index in [1.807, 2.05) is 47.4 Å². The second-order valence-electron chi connectivity index (χ2n) is 7.27. The van der Waals surface area contributed by atoms with Gasteiger partial charge in [-0.25, -0.2) is 9.97 Å². The van der Waals surface area contributed by atoms with Crippen molar-refractivity contribution < 1.29 is 9.53 Å². The standard InChI is InChI=1S/C24H20N4O2/c1-30-22-9-8-19(17-12-25-15-26-13-17)23-20(22)14-28(24(23)29)11-10-18-7-6-16-4-2-3-5-21(16)27-18/h2-9,12-13,15H,10-11,14H2,1H3. The van der Waals surface area contributed by atoms with Crippen LogP contribution in [-0.2, 0) is 13.0 Å². The molecule has 6 nitrogen and oxygen atoms in total. The van der Waals surface area contributed by atoms with Crippen molar-refractivity contribution in [3.05, 3.63) is 84.1 Å². The first-order valence-corrected chi connectivity index (χ1v) is 9.84. The molecule has 0 aliphatic carbocycles. The molecule has 0 spiro atoms. The lowest BCUT2D eigenvalue weighted by Gasteiger charge is -2.15. The number of fused-ring (bicyclic) bond motifs is 2. The maximum Gasteiger partial charge on any atom is 0.255 e. The molecule has 0 saturated heterocycles. The van der Waals surface area contributed by atoms with Gasteiger partial charge in [-0.3, -0.25) is 9.78 Å². The summed E-state index contributed by atoms with van der Waals surface area (Å²) in [6, 6.07) is 16.0. The zero-order chi connectivity index (χ0) is 20.5. The fourth-order valence-electron chi connectivity index (χ4n) is 4.00.